The first-order valence-corrected chi connectivity index (χ1v) is 12.9. The Morgan fingerprint density at radius 3 is 2.93 bits per heavy atom. The molecule has 2 aromatic rings. The molecule has 162 valence electrons. The predicted octanol–water partition coefficient (Wildman–Crippen LogP) is 6.91. The van der Waals surface area contributed by atoms with Gasteiger partial charge in [0.2, 0.25) is 0 Å². The zero-order chi connectivity index (χ0) is 21.5. The number of rotatable bonds is 9. The summed E-state index contributed by atoms with van der Waals surface area (Å²) in [7, 11) is 0. The Bertz CT molecular complexity index is 899. The quantitative estimate of drug-likeness (QED) is 0.257. The van der Waals surface area contributed by atoms with Crippen molar-refractivity contribution in [1.82, 2.24) is 9.88 Å². The first-order chi connectivity index (χ1) is 14.5. The second-order valence-corrected chi connectivity index (χ2v) is 10.7. The van der Waals surface area contributed by atoms with E-state index in [2.05, 4.69) is 96.2 Å². The van der Waals surface area contributed by atoms with Gasteiger partial charge in [-0.15, -0.1) is 0 Å². The third-order valence-electron chi connectivity index (χ3n) is 5.47. The maximum absolute atomic E-state index is 4.98. The van der Waals surface area contributed by atoms with Gasteiger partial charge < -0.3 is 4.90 Å². The number of hydrogen-bond donors (Lipinski definition) is 0. The smallest absolute Gasteiger partial charge is 0.186 e. The zero-order valence-electron chi connectivity index (χ0n) is 18.5. The van der Waals surface area contributed by atoms with E-state index in [1.807, 2.05) is 17.4 Å². The number of allylic oxidation sites excluding steroid dienone is 3. The summed E-state index contributed by atoms with van der Waals surface area (Å²) in [5.41, 5.74) is 2.42. The number of anilines is 1. The van der Waals surface area contributed by atoms with Crippen LogP contribution in [0.4, 0.5) is 5.13 Å². The van der Waals surface area contributed by atoms with Crippen LogP contribution in [0.1, 0.15) is 40.0 Å². The first kappa shape index (κ1) is 23.5. The Morgan fingerprint density at radius 1 is 1.37 bits per heavy atom. The van der Waals surface area contributed by atoms with Crippen LogP contribution in [0.3, 0.4) is 0 Å². The molecule has 0 N–H and O–H groups in total. The molecule has 1 aliphatic heterocycles. The monoisotopic (exact) mass is 535 g/mol. The molecular weight excluding hydrogens is 501 g/mol. The lowest BCUT2D eigenvalue weighted by Crippen LogP contribution is -2.54. The summed E-state index contributed by atoms with van der Waals surface area (Å²) in [5.74, 6) is 0.666. The molecule has 3 rings (SSSR count). The van der Waals surface area contributed by atoms with Gasteiger partial charge in [-0.25, -0.2) is 4.98 Å². The number of hydrogen-bond acceptors (Lipinski definition) is 4. The second kappa shape index (κ2) is 11.4. The summed E-state index contributed by atoms with van der Waals surface area (Å²) < 4.78 is 2.56. The van der Waals surface area contributed by atoms with Gasteiger partial charge in [0.1, 0.15) is 0 Å². The van der Waals surface area contributed by atoms with Crippen LogP contribution in [0.5, 0.6) is 0 Å². The van der Waals surface area contributed by atoms with E-state index in [1.54, 1.807) is 0 Å². The van der Waals surface area contributed by atoms with E-state index >= 15 is 0 Å². The van der Waals surface area contributed by atoms with Crippen LogP contribution in [0.15, 0.2) is 54.7 Å². The van der Waals surface area contributed by atoms with Crippen molar-refractivity contribution in [2.45, 2.75) is 46.1 Å². The fourth-order valence-corrected chi connectivity index (χ4v) is 5.77. The Balaban J connectivity index is 1.73. The molecule has 0 bridgehead atoms. The van der Waals surface area contributed by atoms with Crippen molar-refractivity contribution >= 4 is 49.3 Å². The number of halogens is 1. The first-order valence-electron chi connectivity index (χ1n) is 11.0. The summed E-state index contributed by atoms with van der Waals surface area (Å²) in [6.07, 6.45) is 12.2. The number of benzene rings is 1. The molecule has 0 saturated carbocycles. The van der Waals surface area contributed by atoms with Crippen LogP contribution in [0.2, 0.25) is 0 Å². The van der Waals surface area contributed by atoms with Crippen LogP contribution in [-0.4, -0.2) is 42.1 Å². The van der Waals surface area contributed by atoms with Crippen LogP contribution in [0.25, 0.3) is 10.2 Å². The third-order valence-corrected chi connectivity index (χ3v) is 7.19. The standard InChI is InChI=1S/C25H34IN3S/c1-5-7-8-9-10-20(6-2)17-28-13-14-29(22(18-28)15-19(3)4)25-27-23-12-11-21(26)16-24(23)30-25/h6,8-12,16,19,22H,2,5,7,13-15,17-18H2,1,3-4H3/b9-8-,20-10+/t22-/m1/s1. The van der Waals surface area contributed by atoms with Gasteiger partial charge in [0.05, 0.1) is 10.2 Å². The fraction of sp³-hybridized carbons (Fsp3) is 0.480. The van der Waals surface area contributed by atoms with Gasteiger partial charge in [-0.05, 0) is 65.1 Å². The molecule has 1 aliphatic rings. The van der Waals surface area contributed by atoms with E-state index in [9.17, 15) is 0 Å². The molecule has 1 atom stereocenters. The summed E-state index contributed by atoms with van der Waals surface area (Å²) in [6.45, 7) is 15.0. The van der Waals surface area contributed by atoms with Crippen LogP contribution >= 0.6 is 33.9 Å². The SMILES string of the molecule is C=C/C(=C\C=C/CCC)CN1CCN(c2nc3ccc(I)cc3s2)[C@H](CC(C)C)C1. The number of piperazine rings is 1. The molecule has 0 spiro atoms. The van der Waals surface area contributed by atoms with Crippen molar-refractivity contribution in [2.75, 3.05) is 31.1 Å². The van der Waals surface area contributed by atoms with Gasteiger partial charge in [-0.2, -0.15) is 0 Å². The number of fused-ring (bicyclic) bond motifs is 1. The summed E-state index contributed by atoms with van der Waals surface area (Å²) in [5, 5.41) is 1.18. The van der Waals surface area contributed by atoms with Crippen LogP contribution < -0.4 is 4.90 Å². The minimum Gasteiger partial charge on any atom is -0.342 e. The van der Waals surface area contributed by atoms with Gasteiger partial charge in [-0.3, -0.25) is 4.90 Å². The summed E-state index contributed by atoms with van der Waals surface area (Å²) in [6, 6.07) is 7.05. The van der Waals surface area contributed by atoms with Gasteiger partial charge in [0, 0.05) is 35.8 Å². The second-order valence-electron chi connectivity index (χ2n) is 8.48. The molecule has 1 aromatic heterocycles. The number of thiazole rings is 1. The van der Waals surface area contributed by atoms with Crippen LogP contribution in [-0.2, 0) is 0 Å². The van der Waals surface area contributed by atoms with Crippen molar-refractivity contribution in [3.63, 3.8) is 0 Å². The molecule has 0 aliphatic carbocycles. The van der Waals surface area contributed by atoms with E-state index in [4.69, 9.17) is 4.98 Å². The van der Waals surface area contributed by atoms with Gasteiger partial charge >= 0.3 is 0 Å². The highest BCUT2D eigenvalue weighted by molar-refractivity contribution is 14.1. The molecule has 5 heteroatoms. The van der Waals surface area contributed by atoms with Crippen molar-refractivity contribution in [3.8, 4) is 0 Å². The highest BCUT2D eigenvalue weighted by atomic mass is 127. The Hall–Kier alpha value is -1.18. The topological polar surface area (TPSA) is 19.4 Å². The Kier molecular flexibility index (Phi) is 8.96. The van der Waals surface area contributed by atoms with E-state index in [0.717, 1.165) is 38.1 Å². The zero-order valence-corrected chi connectivity index (χ0v) is 21.5. The molecule has 1 fully saturated rings. The third kappa shape index (κ3) is 6.41. The molecule has 0 amide bonds. The minimum absolute atomic E-state index is 0.500. The number of unbranched alkanes of at least 4 members (excludes halogenated alkanes) is 1. The van der Waals surface area contributed by atoms with E-state index < -0.39 is 0 Å². The maximum atomic E-state index is 4.98. The van der Waals surface area contributed by atoms with Crippen molar-refractivity contribution in [1.29, 1.82) is 0 Å². The lowest BCUT2D eigenvalue weighted by Gasteiger charge is -2.42. The summed E-state index contributed by atoms with van der Waals surface area (Å²) in [4.78, 5) is 10.1. The van der Waals surface area contributed by atoms with Gasteiger partial charge in [-0.1, -0.05) is 69.4 Å². The maximum Gasteiger partial charge on any atom is 0.186 e. The average Bonchev–Trinajstić information content (AvgIpc) is 3.12. The Labute approximate surface area is 199 Å². The number of nitrogens with zero attached hydrogens (tertiary/aromatic N) is 3. The van der Waals surface area contributed by atoms with Gasteiger partial charge in [0.25, 0.3) is 0 Å². The number of aromatic nitrogens is 1. The fourth-order valence-electron chi connectivity index (χ4n) is 3.97. The van der Waals surface area contributed by atoms with E-state index in [-0.39, 0.29) is 0 Å². The minimum atomic E-state index is 0.500. The average molecular weight is 536 g/mol. The molecule has 0 radical (unpaired) electrons. The van der Waals surface area contributed by atoms with Crippen molar-refractivity contribution < 1.29 is 0 Å². The largest absolute Gasteiger partial charge is 0.342 e. The molecule has 0 unspecified atom stereocenters. The summed E-state index contributed by atoms with van der Waals surface area (Å²) >= 11 is 4.22. The highest BCUT2D eigenvalue weighted by Crippen LogP contribution is 2.33. The van der Waals surface area contributed by atoms with Gasteiger partial charge in [0.15, 0.2) is 5.13 Å². The predicted molar refractivity (Wildman–Crippen MR) is 142 cm³/mol. The van der Waals surface area contributed by atoms with E-state index in [1.165, 1.54) is 31.8 Å². The lowest BCUT2D eigenvalue weighted by atomic mass is 10.00. The molecule has 30 heavy (non-hydrogen) atoms. The highest BCUT2D eigenvalue weighted by Gasteiger charge is 2.29. The molecule has 1 aromatic carbocycles. The van der Waals surface area contributed by atoms with Crippen molar-refractivity contribution in [2.24, 2.45) is 5.92 Å². The lowest BCUT2D eigenvalue weighted by molar-refractivity contribution is 0.226. The van der Waals surface area contributed by atoms with Crippen molar-refractivity contribution in [3.05, 3.63) is 58.2 Å². The molecule has 2 heterocycles. The Morgan fingerprint density at radius 2 is 2.20 bits per heavy atom. The molecular formula is C25H34IN3S. The van der Waals surface area contributed by atoms with E-state index in [0.29, 0.717) is 12.0 Å². The molecule has 1 saturated heterocycles. The normalized spacial score (nSPS) is 18.8. The van der Waals surface area contributed by atoms with Crippen LogP contribution in [0, 0.1) is 9.49 Å². The molecule has 3 nitrogen and oxygen atoms in total.